The van der Waals surface area contributed by atoms with Crippen LogP contribution in [0.1, 0.15) is 34.6 Å². The fourth-order valence-corrected chi connectivity index (χ4v) is 4.49. The number of aromatic nitrogens is 4. The van der Waals surface area contributed by atoms with Gasteiger partial charge in [-0.3, -0.25) is 0 Å². The predicted octanol–water partition coefficient (Wildman–Crippen LogP) is 4.59. The van der Waals surface area contributed by atoms with Crippen LogP contribution in [0.3, 0.4) is 0 Å². The van der Waals surface area contributed by atoms with Crippen molar-refractivity contribution >= 4 is 39.0 Å². The number of rotatable bonds is 2. The summed E-state index contributed by atoms with van der Waals surface area (Å²) in [6.07, 6.45) is -3.44. The van der Waals surface area contributed by atoms with E-state index >= 15 is 0 Å². The summed E-state index contributed by atoms with van der Waals surface area (Å²) in [5.74, 6) is 0.744. The number of halogens is 4. The molecule has 0 saturated carbocycles. The Hall–Kier alpha value is -2.00. The summed E-state index contributed by atoms with van der Waals surface area (Å²) in [6, 6.07) is 2.02. The summed E-state index contributed by atoms with van der Waals surface area (Å²) in [7, 11) is 0. The smallest absolute Gasteiger partial charge is 0.350 e. The van der Waals surface area contributed by atoms with Gasteiger partial charge in [-0.25, -0.2) is 15.0 Å². The first-order chi connectivity index (χ1) is 12.8. The van der Waals surface area contributed by atoms with Crippen LogP contribution in [0.25, 0.3) is 10.2 Å². The van der Waals surface area contributed by atoms with Gasteiger partial charge in [0.25, 0.3) is 0 Å². The number of thiophene rings is 1. The van der Waals surface area contributed by atoms with E-state index in [4.69, 9.17) is 11.6 Å². The third kappa shape index (κ3) is 3.34. The van der Waals surface area contributed by atoms with E-state index in [0.29, 0.717) is 18.1 Å². The molecule has 1 aliphatic heterocycles. The largest absolute Gasteiger partial charge is 0.433 e. The van der Waals surface area contributed by atoms with Crippen molar-refractivity contribution in [2.45, 2.75) is 39.4 Å². The zero-order valence-electron chi connectivity index (χ0n) is 14.6. The Morgan fingerprint density at radius 3 is 2.70 bits per heavy atom. The lowest BCUT2D eigenvalue weighted by Crippen LogP contribution is -2.34. The van der Waals surface area contributed by atoms with E-state index < -0.39 is 11.9 Å². The lowest BCUT2D eigenvalue weighted by Gasteiger charge is -2.30. The summed E-state index contributed by atoms with van der Waals surface area (Å²) >= 11 is 7.64. The molecule has 0 bridgehead atoms. The van der Waals surface area contributed by atoms with Gasteiger partial charge >= 0.3 is 6.18 Å². The number of alkyl halides is 3. The Morgan fingerprint density at radius 1 is 1.22 bits per heavy atom. The van der Waals surface area contributed by atoms with Crippen LogP contribution in [-0.2, 0) is 25.6 Å². The van der Waals surface area contributed by atoms with E-state index in [1.165, 1.54) is 6.92 Å². The van der Waals surface area contributed by atoms with Gasteiger partial charge in [0, 0.05) is 17.0 Å². The van der Waals surface area contributed by atoms with Crippen molar-refractivity contribution in [3.8, 4) is 0 Å². The maximum absolute atomic E-state index is 13.3. The molecule has 4 heterocycles. The maximum atomic E-state index is 13.3. The van der Waals surface area contributed by atoms with E-state index in [9.17, 15) is 13.2 Å². The van der Waals surface area contributed by atoms with E-state index in [1.807, 2.05) is 11.0 Å². The van der Waals surface area contributed by atoms with Crippen molar-refractivity contribution in [3.63, 3.8) is 0 Å². The zero-order chi connectivity index (χ0) is 19.3. The van der Waals surface area contributed by atoms with Gasteiger partial charge in [-0.2, -0.15) is 18.2 Å². The molecule has 0 radical (unpaired) electrons. The van der Waals surface area contributed by atoms with Crippen molar-refractivity contribution < 1.29 is 13.2 Å². The topological polar surface area (TPSA) is 54.8 Å². The second-order valence-electron chi connectivity index (χ2n) is 6.32. The Morgan fingerprint density at radius 2 is 2.00 bits per heavy atom. The van der Waals surface area contributed by atoms with E-state index in [1.54, 1.807) is 11.3 Å². The fourth-order valence-electron chi connectivity index (χ4n) is 3.32. The SMILES string of the molecule is CCc1cc2c(N3CCc4c(nc(C)nc4C(F)(F)F)C3)nc(Cl)nc2s1. The first-order valence-electron chi connectivity index (χ1n) is 8.40. The lowest BCUT2D eigenvalue weighted by atomic mass is 10.0. The molecule has 0 atom stereocenters. The van der Waals surface area contributed by atoms with Crippen LogP contribution < -0.4 is 4.90 Å². The van der Waals surface area contributed by atoms with Gasteiger partial charge in [-0.05, 0) is 37.4 Å². The molecular weight excluding hydrogens is 399 g/mol. The molecule has 4 rings (SSSR count). The van der Waals surface area contributed by atoms with E-state index in [2.05, 4.69) is 26.9 Å². The number of hydrogen-bond acceptors (Lipinski definition) is 6. The molecule has 0 aromatic carbocycles. The molecule has 3 aromatic rings. The highest BCUT2D eigenvalue weighted by Crippen LogP contribution is 2.37. The van der Waals surface area contributed by atoms with Crippen LogP contribution >= 0.6 is 22.9 Å². The Labute approximate surface area is 162 Å². The van der Waals surface area contributed by atoms with Gasteiger partial charge in [0.05, 0.1) is 17.6 Å². The molecule has 10 heteroatoms. The van der Waals surface area contributed by atoms with Crippen molar-refractivity contribution in [1.29, 1.82) is 0 Å². The monoisotopic (exact) mass is 413 g/mol. The van der Waals surface area contributed by atoms with Crippen LogP contribution in [-0.4, -0.2) is 26.5 Å². The second-order valence-corrected chi connectivity index (χ2v) is 7.77. The van der Waals surface area contributed by atoms with Crippen molar-refractivity contribution in [1.82, 2.24) is 19.9 Å². The molecule has 142 valence electrons. The lowest BCUT2D eigenvalue weighted by molar-refractivity contribution is -0.142. The quantitative estimate of drug-likeness (QED) is 0.575. The van der Waals surface area contributed by atoms with Crippen LogP contribution in [0.5, 0.6) is 0 Å². The molecule has 0 saturated heterocycles. The van der Waals surface area contributed by atoms with Gasteiger partial charge in [0.15, 0.2) is 5.69 Å². The minimum Gasteiger partial charge on any atom is -0.350 e. The molecule has 0 aliphatic carbocycles. The maximum Gasteiger partial charge on any atom is 0.433 e. The number of hydrogen-bond donors (Lipinski definition) is 0. The molecule has 1 aliphatic rings. The van der Waals surface area contributed by atoms with Crippen molar-refractivity contribution in [3.05, 3.63) is 39.0 Å². The summed E-state index contributed by atoms with van der Waals surface area (Å²) in [5, 5.41) is 0.995. The van der Waals surface area contributed by atoms with E-state index in [0.717, 1.165) is 21.5 Å². The summed E-state index contributed by atoms with van der Waals surface area (Å²) in [4.78, 5) is 20.4. The summed E-state index contributed by atoms with van der Waals surface area (Å²) in [5.41, 5.74) is -0.283. The van der Waals surface area contributed by atoms with Crippen LogP contribution in [0.15, 0.2) is 6.07 Å². The Kier molecular flexibility index (Phi) is 4.46. The molecule has 27 heavy (non-hydrogen) atoms. The summed E-state index contributed by atoms with van der Waals surface area (Å²) < 4.78 is 40.0. The molecule has 0 N–H and O–H groups in total. The highest BCUT2D eigenvalue weighted by Gasteiger charge is 2.38. The zero-order valence-corrected chi connectivity index (χ0v) is 16.1. The van der Waals surface area contributed by atoms with Crippen LogP contribution in [0.2, 0.25) is 5.28 Å². The average molecular weight is 414 g/mol. The highest BCUT2D eigenvalue weighted by molar-refractivity contribution is 7.18. The Bertz CT molecular complexity index is 1030. The van der Waals surface area contributed by atoms with Crippen molar-refractivity contribution in [2.24, 2.45) is 0 Å². The minimum absolute atomic E-state index is 0.109. The predicted molar refractivity (Wildman–Crippen MR) is 98.3 cm³/mol. The molecule has 0 unspecified atom stereocenters. The van der Waals surface area contributed by atoms with Gasteiger partial charge in [0.2, 0.25) is 5.28 Å². The average Bonchev–Trinajstić information content (AvgIpc) is 3.01. The number of fused-ring (bicyclic) bond motifs is 2. The first-order valence-corrected chi connectivity index (χ1v) is 9.60. The van der Waals surface area contributed by atoms with Crippen LogP contribution in [0, 0.1) is 6.92 Å². The number of anilines is 1. The molecule has 5 nitrogen and oxygen atoms in total. The molecule has 3 aromatic heterocycles. The molecule has 0 fully saturated rings. The fraction of sp³-hybridized carbons (Fsp3) is 0.412. The van der Waals surface area contributed by atoms with Crippen molar-refractivity contribution in [2.75, 3.05) is 11.4 Å². The Balaban J connectivity index is 1.79. The van der Waals surface area contributed by atoms with Crippen LogP contribution in [0.4, 0.5) is 19.0 Å². The van der Waals surface area contributed by atoms with Gasteiger partial charge in [-0.1, -0.05) is 6.92 Å². The number of aryl methyl sites for hydroxylation is 2. The second kappa shape index (κ2) is 6.56. The van der Waals surface area contributed by atoms with E-state index in [-0.39, 0.29) is 29.6 Å². The highest BCUT2D eigenvalue weighted by atomic mass is 35.5. The first kappa shape index (κ1) is 18.4. The van der Waals surface area contributed by atoms with Gasteiger partial charge in [0.1, 0.15) is 16.5 Å². The minimum atomic E-state index is -4.49. The number of nitrogens with zero attached hydrogens (tertiary/aromatic N) is 5. The standard InChI is InChI=1S/C17H15ClF3N5S/c1-3-9-6-11-14(24-16(18)25-15(11)27-9)26-5-4-10-12(7-26)22-8(2)23-13(10)17(19,20)21/h6H,3-5,7H2,1-2H3. The molecule has 0 spiro atoms. The van der Waals surface area contributed by atoms with Gasteiger partial charge in [-0.15, -0.1) is 11.3 Å². The third-order valence-electron chi connectivity index (χ3n) is 4.49. The normalized spacial score (nSPS) is 14.7. The van der Waals surface area contributed by atoms with Gasteiger partial charge < -0.3 is 4.90 Å². The molecular formula is C17H15ClF3N5S. The molecule has 0 amide bonds. The third-order valence-corrected chi connectivity index (χ3v) is 5.83. The summed E-state index contributed by atoms with van der Waals surface area (Å²) in [6.45, 7) is 4.12.